The van der Waals surface area contributed by atoms with Gasteiger partial charge in [-0.05, 0) is 6.42 Å². The van der Waals surface area contributed by atoms with E-state index in [1.165, 1.54) is 63.0 Å². The van der Waals surface area contributed by atoms with Crippen LogP contribution in [0.3, 0.4) is 0 Å². The van der Waals surface area contributed by atoms with Crippen molar-refractivity contribution in [1.29, 1.82) is 0 Å². The van der Waals surface area contributed by atoms with Gasteiger partial charge in [0.05, 0.1) is 39.8 Å². The highest BCUT2D eigenvalue weighted by atomic mass is 32.2. The molecule has 4 heteroatoms. The van der Waals surface area contributed by atoms with E-state index in [4.69, 9.17) is 0 Å². The second-order valence-electron chi connectivity index (χ2n) is 4.66. The minimum atomic E-state index is 1.21. The summed E-state index contributed by atoms with van der Waals surface area (Å²) in [4.78, 5) is 5.17. The number of rotatable bonds is 2. The topological polar surface area (TPSA) is 9.49 Å². The van der Waals surface area contributed by atoms with E-state index in [1.807, 2.05) is 0 Å². The minimum Gasteiger partial charge on any atom is -0.267 e. The molecule has 0 aromatic carbocycles. The average molecular weight is 242 g/mol. The number of thioether (sulfide) groups is 1. The summed E-state index contributed by atoms with van der Waals surface area (Å²) in [6.07, 6.45) is 2.56. The second kappa shape index (κ2) is 5.80. The highest BCUT2D eigenvalue weighted by Crippen LogP contribution is 2.14. The van der Waals surface area contributed by atoms with Crippen LogP contribution in [-0.2, 0) is 0 Å². The molecule has 92 valence electrons. The van der Waals surface area contributed by atoms with Gasteiger partial charge in [-0.3, -0.25) is 14.4 Å². The number of hydrogen-bond acceptors (Lipinski definition) is 3. The fraction of sp³-hybridized carbons (Fsp3) is 0.917. The maximum absolute atomic E-state index is 2.59. The Bertz CT molecular complexity index is 259. The standard InChI is InChI=1S/C12H24N3S/c1-3-5-14-7-4-6-13(2)12(14)15-8-10-16-11-9-15/h3-11H2,1-2H3/q+1. The van der Waals surface area contributed by atoms with E-state index in [9.17, 15) is 0 Å². The van der Waals surface area contributed by atoms with Crippen LogP contribution in [0.1, 0.15) is 19.8 Å². The van der Waals surface area contributed by atoms with Crippen LogP contribution in [0.2, 0.25) is 0 Å². The Hall–Kier alpha value is -0.380. The van der Waals surface area contributed by atoms with E-state index in [1.54, 1.807) is 0 Å². The van der Waals surface area contributed by atoms with Gasteiger partial charge in [-0.2, -0.15) is 11.8 Å². The smallest absolute Gasteiger partial charge is 0.267 e. The van der Waals surface area contributed by atoms with Gasteiger partial charge < -0.3 is 0 Å². The van der Waals surface area contributed by atoms with Crippen LogP contribution in [-0.4, -0.2) is 71.6 Å². The van der Waals surface area contributed by atoms with Gasteiger partial charge in [0, 0.05) is 17.9 Å². The first kappa shape index (κ1) is 12.1. The SMILES string of the molecule is CCCN1CCC[N+](C)=C1N1CCSCC1. The van der Waals surface area contributed by atoms with Crippen LogP contribution in [0.5, 0.6) is 0 Å². The summed E-state index contributed by atoms with van der Waals surface area (Å²) in [6.45, 7) is 8.41. The summed E-state index contributed by atoms with van der Waals surface area (Å²) >= 11 is 2.09. The molecule has 0 saturated carbocycles. The maximum atomic E-state index is 2.59. The normalized spacial score (nSPS) is 22.9. The van der Waals surface area contributed by atoms with E-state index in [2.05, 4.69) is 40.1 Å². The largest absolute Gasteiger partial charge is 0.350 e. The zero-order valence-electron chi connectivity index (χ0n) is 10.6. The highest BCUT2D eigenvalue weighted by Gasteiger charge is 2.31. The molecule has 3 nitrogen and oxygen atoms in total. The fourth-order valence-electron chi connectivity index (χ4n) is 2.63. The molecule has 0 amide bonds. The average Bonchev–Trinajstić information content (AvgIpc) is 2.31. The second-order valence-corrected chi connectivity index (χ2v) is 5.89. The van der Waals surface area contributed by atoms with E-state index in [-0.39, 0.29) is 0 Å². The van der Waals surface area contributed by atoms with E-state index in [0.717, 1.165) is 0 Å². The van der Waals surface area contributed by atoms with Crippen LogP contribution in [0.15, 0.2) is 0 Å². The third-order valence-electron chi connectivity index (χ3n) is 3.33. The van der Waals surface area contributed by atoms with Crippen molar-refractivity contribution in [2.45, 2.75) is 19.8 Å². The van der Waals surface area contributed by atoms with Gasteiger partial charge in [0.15, 0.2) is 0 Å². The number of guanidine groups is 1. The Morgan fingerprint density at radius 3 is 2.69 bits per heavy atom. The van der Waals surface area contributed by atoms with Crippen molar-refractivity contribution in [3.8, 4) is 0 Å². The molecule has 0 unspecified atom stereocenters. The lowest BCUT2D eigenvalue weighted by molar-refractivity contribution is -0.514. The molecular formula is C12H24N3S+. The van der Waals surface area contributed by atoms with Crippen molar-refractivity contribution in [3.63, 3.8) is 0 Å². The highest BCUT2D eigenvalue weighted by molar-refractivity contribution is 7.99. The zero-order chi connectivity index (χ0) is 11.4. The lowest BCUT2D eigenvalue weighted by Gasteiger charge is -2.34. The molecule has 0 aromatic heterocycles. The van der Waals surface area contributed by atoms with Crippen molar-refractivity contribution in [3.05, 3.63) is 0 Å². The van der Waals surface area contributed by atoms with Crippen LogP contribution in [0.4, 0.5) is 0 Å². The zero-order valence-corrected chi connectivity index (χ0v) is 11.4. The van der Waals surface area contributed by atoms with Crippen LogP contribution in [0.25, 0.3) is 0 Å². The monoisotopic (exact) mass is 242 g/mol. The van der Waals surface area contributed by atoms with Crippen LogP contribution >= 0.6 is 11.8 Å². The molecule has 0 spiro atoms. The molecule has 16 heavy (non-hydrogen) atoms. The molecule has 2 aliphatic heterocycles. The molecule has 0 bridgehead atoms. The predicted molar refractivity (Wildman–Crippen MR) is 71.4 cm³/mol. The van der Waals surface area contributed by atoms with Gasteiger partial charge in [0.1, 0.15) is 0 Å². The molecular weight excluding hydrogens is 218 g/mol. The third kappa shape index (κ3) is 2.65. The molecule has 0 radical (unpaired) electrons. The lowest BCUT2D eigenvalue weighted by Crippen LogP contribution is -2.54. The van der Waals surface area contributed by atoms with Gasteiger partial charge in [0.2, 0.25) is 0 Å². The van der Waals surface area contributed by atoms with Crippen LogP contribution in [0, 0.1) is 0 Å². The van der Waals surface area contributed by atoms with Crippen molar-refractivity contribution in [1.82, 2.24) is 9.80 Å². The molecule has 0 atom stereocenters. The van der Waals surface area contributed by atoms with Gasteiger partial charge in [-0.15, -0.1) is 0 Å². The van der Waals surface area contributed by atoms with Gasteiger partial charge >= 0.3 is 5.96 Å². The Kier molecular flexibility index (Phi) is 4.38. The van der Waals surface area contributed by atoms with Crippen molar-refractivity contribution in [2.75, 3.05) is 51.3 Å². The summed E-state index contributed by atoms with van der Waals surface area (Å²) in [5.74, 6) is 4.07. The molecule has 0 aromatic rings. The number of nitrogens with zero attached hydrogens (tertiary/aromatic N) is 3. The fourth-order valence-corrected chi connectivity index (χ4v) is 3.53. The molecule has 1 saturated heterocycles. The molecule has 2 heterocycles. The maximum Gasteiger partial charge on any atom is 0.350 e. The first-order valence-corrected chi connectivity index (χ1v) is 7.64. The summed E-state index contributed by atoms with van der Waals surface area (Å²) < 4.78 is 2.45. The first-order valence-electron chi connectivity index (χ1n) is 6.48. The van der Waals surface area contributed by atoms with Crippen molar-refractivity contribution < 1.29 is 4.58 Å². The minimum absolute atomic E-state index is 1.21. The summed E-state index contributed by atoms with van der Waals surface area (Å²) in [6, 6.07) is 0. The van der Waals surface area contributed by atoms with Gasteiger partial charge in [-0.1, -0.05) is 6.92 Å². The molecule has 2 rings (SSSR count). The third-order valence-corrected chi connectivity index (χ3v) is 4.28. The van der Waals surface area contributed by atoms with Gasteiger partial charge in [0.25, 0.3) is 0 Å². The van der Waals surface area contributed by atoms with Crippen molar-refractivity contribution in [2.24, 2.45) is 0 Å². The Labute approximate surface area is 103 Å². The quantitative estimate of drug-likeness (QED) is 0.673. The van der Waals surface area contributed by atoms with E-state index < -0.39 is 0 Å². The molecule has 0 N–H and O–H groups in total. The molecule has 0 aliphatic carbocycles. The van der Waals surface area contributed by atoms with E-state index in [0.29, 0.717) is 0 Å². The Morgan fingerprint density at radius 1 is 1.25 bits per heavy atom. The number of hydrogen-bond donors (Lipinski definition) is 0. The Balaban J connectivity index is 2.11. The van der Waals surface area contributed by atoms with Gasteiger partial charge in [-0.25, -0.2) is 0 Å². The molecule has 2 aliphatic rings. The van der Waals surface area contributed by atoms with E-state index >= 15 is 0 Å². The lowest BCUT2D eigenvalue weighted by atomic mass is 10.3. The van der Waals surface area contributed by atoms with Crippen molar-refractivity contribution >= 4 is 17.7 Å². The summed E-state index contributed by atoms with van der Waals surface area (Å²) in [7, 11) is 2.25. The Morgan fingerprint density at radius 2 is 2.00 bits per heavy atom. The summed E-state index contributed by atoms with van der Waals surface area (Å²) in [5.41, 5.74) is 0. The summed E-state index contributed by atoms with van der Waals surface area (Å²) in [5, 5.41) is 0. The predicted octanol–water partition coefficient (Wildman–Crippen LogP) is 1.15. The molecule has 1 fully saturated rings. The van der Waals surface area contributed by atoms with Crippen LogP contribution < -0.4 is 0 Å². The first-order chi connectivity index (χ1) is 7.83.